The molecule has 0 heterocycles. The number of esters is 1. The summed E-state index contributed by atoms with van der Waals surface area (Å²) >= 11 is 0. The second-order valence-corrected chi connectivity index (χ2v) is 6.93. The van der Waals surface area contributed by atoms with Crippen molar-refractivity contribution in [2.24, 2.45) is 5.92 Å². The minimum absolute atomic E-state index is 0.136. The van der Waals surface area contributed by atoms with Crippen LogP contribution in [0.3, 0.4) is 0 Å². The van der Waals surface area contributed by atoms with E-state index in [2.05, 4.69) is 12.2 Å². The van der Waals surface area contributed by atoms with Crippen molar-refractivity contribution in [1.82, 2.24) is 5.32 Å². The fourth-order valence-electron chi connectivity index (χ4n) is 2.84. The molecule has 1 fully saturated rings. The van der Waals surface area contributed by atoms with Crippen LogP contribution in [-0.4, -0.2) is 23.7 Å². The third-order valence-electron chi connectivity index (χ3n) is 3.79. The van der Waals surface area contributed by atoms with Gasteiger partial charge in [-0.05, 0) is 59.3 Å². The van der Waals surface area contributed by atoms with E-state index in [9.17, 15) is 4.79 Å². The van der Waals surface area contributed by atoms with E-state index in [4.69, 9.17) is 4.74 Å². The van der Waals surface area contributed by atoms with Crippen molar-refractivity contribution in [3.05, 3.63) is 0 Å². The van der Waals surface area contributed by atoms with Crippen molar-refractivity contribution in [3.63, 3.8) is 0 Å². The van der Waals surface area contributed by atoms with E-state index in [-0.39, 0.29) is 12.0 Å². The zero-order chi connectivity index (χ0) is 14.5. The van der Waals surface area contributed by atoms with E-state index in [1.165, 1.54) is 38.5 Å². The molecule has 19 heavy (non-hydrogen) atoms. The number of carbonyl (C=O) groups is 1. The number of carbonyl (C=O) groups excluding carboxylic acids is 1. The SMILES string of the molecule is CCCC1CCC(NC(C)C(=O)OC(C)(C)C)CC1. The van der Waals surface area contributed by atoms with Gasteiger partial charge < -0.3 is 10.1 Å². The molecule has 0 amide bonds. The van der Waals surface area contributed by atoms with Gasteiger partial charge in [0.25, 0.3) is 0 Å². The number of rotatable bonds is 5. The molecular formula is C16H31NO2. The van der Waals surface area contributed by atoms with Crippen LogP contribution in [0.15, 0.2) is 0 Å². The summed E-state index contributed by atoms with van der Waals surface area (Å²) in [7, 11) is 0. The number of hydrogen-bond acceptors (Lipinski definition) is 3. The van der Waals surface area contributed by atoms with Crippen molar-refractivity contribution in [2.45, 2.75) is 90.8 Å². The lowest BCUT2D eigenvalue weighted by Crippen LogP contribution is -2.45. The topological polar surface area (TPSA) is 38.3 Å². The molecule has 0 aromatic heterocycles. The normalized spacial score (nSPS) is 25.9. The predicted octanol–water partition coefficient (Wildman–Crippen LogP) is 3.67. The van der Waals surface area contributed by atoms with Crippen LogP contribution in [0.25, 0.3) is 0 Å². The van der Waals surface area contributed by atoms with Gasteiger partial charge in [-0.25, -0.2) is 0 Å². The molecule has 0 aromatic rings. The summed E-state index contributed by atoms with van der Waals surface area (Å²) in [5.74, 6) is 0.767. The lowest BCUT2D eigenvalue weighted by molar-refractivity contribution is -0.157. The van der Waals surface area contributed by atoms with Crippen molar-refractivity contribution in [2.75, 3.05) is 0 Å². The van der Waals surface area contributed by atoms with E-state index < -0.39 is 5.60 Å². The minimum atomic E-state index is -0.397. The molecule has 1 atom stereocenters. The molecule has 1 aliphatic rings. The van der Waals surface area contributed by atoms with Crippen molar-refractivity contribution in [1.29, 1.82) is 0 Å². The Balaban J connectivity index is 2.30. The number of hydrogen-bond donors (Lipinski definition) is 1. The molecule has 1 rings (SSSR count). The van der Waals surface area contributed by atoms with Gasteiger partial charge in [-0.2, -0.15) is 0 Å². The summed E-state index contributed by atoms with van der Waals surface area (Å²) in [5, 5.41) is 3.43. The summed E-state index contributed by atoms with van der Waals surface area (Å²) < 4.78 is 5.40. The van der Waals surface area contributed by atoms with Crippen LogP contribution in [0.2, 0.25) is 0 Å². The molecule has 112 valence electrons. The van der Waals surface area contributed by atoms with Gasteiger partial charge in [0.15, 0.2) is 0 Å². The average Bonchev–Trinajstić information content (AvgIpc) is 2.29. The molecule has 1 saturated carbocycles. The molecule has 3 nitrogen and oxygen atoms in total. The van der Waals surface area contributed by atoms with Crippen LogP contribution in [0.5, 0.6) is 0 Å². The van der Waals surface area contributed by atoms with Gasteiger partial charge in [0, 0.05) is 6.04 Å². The first-order chi connectivity index (χ1) is 8.81. The van der Waals surface area contributed by atoms with Crippen LogP contribution in [0, 0.1) is 5.92 Å². The van der Waals surface area contributed by atoms with Crippen LogP contribution in [0.4, 0.5) is 0 Å². The quantitative estimate of drug-likeness (QED) is 0.774. The largest absolute Gasteiger partial charge is 0.459 e. The summed E-state index contributed by atoms with van der Waals surface area (Å²) in [4.78, 5) is 11.9. The highest BCUT2D eigenvalue weighted by molar-refractivity contribution is 5.75. The average molecular weight is 269 g/mol. The molecule has 1 unspecified atom stereocenters. The zero-order valence-corrected chi connectivity index (χ0v) is 13.3. The first-order valence-corrected chi connectivity index (χ1v) is 7.80. The third-order valence-corrected chi connectivity index (χ3v) is 3.79. The van der Waals surface area contributed by atoms with Gasteiger partial charge in [-0.3, -0.25) is 4.79 Å². The molecule has 0 spiro atoms. The Hall–Kier alpha value is -0.570. The van der Waals surface area contributed by atoms with E-state index >= 15 is 0 Å². The second-order valence-electron chi connectivity index (χ2n) is 6.93. The van der Waals surface area contributed by atoms with Gasteiger partial charge in [0.2, 0.25) is 0 Å². The van der Waals surface area contributed by atoms with Gasteiger partial charge in [0.05, 0.1) is 0 Å². The fraction of sp³-hybridized carbons (Fsp3) is 0.938. The Labute approximate surface area is 118 Å². The first-order valence-electron chi connectivity index (χ1n) is 7.80. The maximum Gasteiger partial charge on any atom is 0.323 e. The van der Waals surface area contributed by atoms with Crippen molar-refractivity contribution in [3.8, 4) is 0 Å². The van der Waals surface area contributed by atoms with Gasteiger partial charge in [-0.1, -0.05) is 19.8 Å². The summed E-state index contributed by atoms with van der Waals surface area (Å²) in [6.45, 7) is 9.90. The molecule has 1 N–H and O–H groups in total. The van der Waals surface area contributed by atoms with E-state index in [0.717, 1.165) is 5.92 Å². The minimum Gasteiger partial charge on any atom is -0.459 e. The number of nitrogens with one attached hydrogen (secondary N) is 1. The lowest BCUT2D eigenvalue weighted by Gasteiger charge is -2.31. The Morgan fingerprint density at radius 1 is 1.26 bits per heavy atom. The summed E-state index contributed by atoms with van der Waals surface area (Å²) in [6.07, 6.45) is 7.63. The number of ether oxygens (including phenoxy) is 1. The van der Waals surface area contributed by atoms with Crippen LogP contribution in [-0.2, 0) is 9.53 Å². The molecule has 0 radical (unpaired) electrons. The lowest BCUT2D eigenvalue weighted by atomic mass is 9.83. The molecule has 0 aromatic carbocycles. The summed E-state index contributed by atoms with van der Waals surface area (Å²) in [6, 6.07) is 0.280. The van der Waals surface area contributed by atoms with Gasteiger partial charge in [0.1, 0.15) is 11.6 Å². The third kappa shape index (κ3) is 6.42. The standard InChI is InChI=1S/C16H31NO2/c1-6-7-13-8-10-14(11-9-13)17-12(2)15(18)19-16(3,4)5/h12-14,17H,6-11H2,1-5H3. The van der Waals surface area contributed by atoms with E-state index in [0.29, 0.717) is 6.04 Å². The maximum absolute atomic E-state index is 11.9. The second kappa shape index (κ2) is 7.28. The summed E-state index contributed by atoms with van der Waals surface area (Å²) in [5.41, 5.74) is -0.397. The predicted molar refractivity (Wildman–Crippen MR) is 79.1 cm³/mol. The Morgan fingerprint density at radius 3 is 2.32 bits per heavy atom. The molecule has 1 aliphatic carbocycles. The molecule has 0 bridgehead atoms. The van der Waals surface area contributed by atoms with Crippen molar-refractivity contribution >= 4 is 5.97 Å². The van der Waals surface area contributed by atoms with Gasteiger partial charge in [-0.15, -0.1) is 0 Å². The Kier molecular flexibility index (Phi) is 6.31. The highest BCUT2D eigenvalue weighted by atomic mass is 16.6. The van der Waals surface area contributed by atoms with Crippen LogP contribution >= 0.6 is 0 Å². The first kappa shape index (κ1) is 16.5. The molecule has 3 heteroatoms. The van der Waals surface area contributed by atoms with E-state index in [1.54, 1.807) is 0 Å². The molecule has 0 saturated heterocycles. The smallest absolute Gasteiger partial charge is 0.323 e. The highest BCUT2D eigenvalue weighted by Crippen LogP contribution is 2.28. The maximum atomic E-state index is 11.9. The van der Waals surface area contributed by atoms with Gasteiger partial charge >= 0.3 is 5.97 Å². The fourth-order valence-corrected chi connectivity index (χ4v) is 2.84. The highest BCUT2D eigenvalue weighted by Gasteiger charge is 2.26. The zero-order valence-electron chi connectivity index (χ0n) is 13.3. The Bertz CT molecular complexity index is 275. The van der Waals surface area contributed by atoms with Crippen molar-refractivity contribution < 1.29 is 9.53 Å². The van der Waals surface area contributed by atoms with E-state index in [1.807, 2.05) is 27.7 Å². The molecule has 0 aliphatic heterocycles. The monoisotopic (exact) mass is 269 g/mol. The van der Waals surface area contributed by atoms with Crippen LogP contribution in [0.1, 0.15) is 73.1 Å². The van der Waals surface area contributed by atoms with Crippen LogP contribution < -0.4 is 5.32 Å². The Morgan fingerprint density at radius 2 is 1.84 bits per heavy atom. The molecular weight excluding hydrogens is 238 g/mol.